The summed E-state index contributed by atoms with van der Waals surface area (Å²) in [4.78, 5) is 37.1. The number of aromatic nitrogens is 3. The van der Waals surface area contributed by atoms with Crippen molar-refractivity contribution in [2.45, 2.75) is 20.8 Å². The largest absolute Gasteiger partial charge is 0.494 e. The van der Waals surface area contributed by atoms with Gasteiger partial charge in [0.1, 0.15) is 34.8 Å². The summed E-state index contributed by atoms with van der Waals surface area (Å²) in [5.74, 6) is 2.12. The van der Waals surface area contributed by atoms with E-state index in [4.69, 9.17) is 16.3 Å². The number of nitrogens with one attached hydrogen (secondary N) is 3. The summed E-state index contributed by atoms with van der Waals surface area (Å²) >= 11 is 6.35. The fourth-order valence-corrected chi connectivity index (χ4v) is 6.84. The number of H-pyrrole nitrogens is 1. The Labute approximate surface area is 204 Å². The molecule has 0 bridgehead atoms. The molecular weight excluding hydrogens is 475 g/mol. The number of hydrogen-bond donors (Lipinski definition) is 4. The van der Waals surface area contributed by atoms with E-state index in [1.807, 2.05) is 18.2 Å². The lowest BCUT2D eigenvalue weighted by atomic mass is 10.2. The van der Waals surface area contributed by atoms with Gasteiger partial charge in [-0.15, -0.1) is 0 Å². The molecule has 0 unspecified atom stereocenters. The molecule has 0 atom stereocenters. The number of rotatable bonds is 7. The number of anilines is 3. The lowest BCUT2D eigenvalue weighted by molar-refractivity contribution is -0.128. The molecule has 1 amide bonds. The molecule has 4 rings (SSSR count). The SMILES string of the molecule is COc1cc([P+]2(O)CCN(C(C)=O)CC2)ccc1Nc1nc(NCC(C)C)c2c(Cl)c[nH]c2n1. The van der Waals surface area contributed by atoms with Gasteiger partial charge in [0.15, 0.2) is 7.49 Å². The van der Waals surface area contributed by atoms with Crippen LogP contribution < -0.4 is 20.7 Å². The van der Waals surface area contributed by atoms with E-state index in [1.165, 1.54) is 0 Å². The molecule has 0 radical (unpaired) electrons. The Bertz CT molecular complexity index is 1190. The Kier molecular flexibility index (Phi) is 7.17. The average Bonchev–Trinajstić information content (AvgIpc) is 3.18. The van der Waals surface area contributed by atoms with E-state index in [-0.39, 0.29) is 5.91 Å². The number of hydrogen-bond acceptors (Lipinski definition) is 7. The molecule has 11 heteroatoms. The molecule has 34 heavy (non-hydrogen) atoms. The van der Waals surface area contributed by atoms with Gasteiger partial charge in [-0.3, -0.25) is 4.79 Å². The quantitative estimate of drug-likeness (QED) is 0.360. The second-order valence-corrected chi connectivity index (χ2v) is 12.6. The van der Waals surface area contributed by atoms with Crippen LogP contribution in [0.1, 0.15) is 20.8 Å². The highest BCUT2D eigenvalue weighted by atomic mass is 35.5. The van der Waals surface area contributed by atoms with Crippen LogP contribution in [0.25, 0.3) is 11.0 Å². The fourth-order valence-electron chi connectivity index (χ4n) is 4.01. The second kappa shape index (κ2) is 9.94. The first kappa shape index (κ1) is 24.5. The van der Waals surface area contributed by atoms with E-state index in [1.54, 1.807) is 25.1 Å². The van der Waals surface area contributed by atoms with Crippen molar-refractivity contribution in [3.05, 3.63) is 29.4 Å². The number of carbonyl (C=O) groups excluding carboxylic acids is 1. The molecule has 1 aliphatic rings. The van der Waals surface area contributed by atoms with Crippen molar-refractivity contribution in [1.82, 2.24) is 19.9 Å². The van der Waals surface area contributed by atoms with Crippen LogP contribution in [-0.2, 0) is 4.79 Å². The van der Waals surface area contributed by atoms with Gasteiger partial charge in [-0.05, 0) is 18.1 Å². The lowest BCUT2D eigenvalue weighted by Crippen LogP contribution is -2.41. The molecule has 0 saturated carbocycles. The summed E-state index contributed by atoms with van der Waals surface area (Å²) in [6.07, 6.45) is 2.87. The van der Waals surface area contributed by atoms with Gasteiger partial charge in [-0.25, -0.2) is 4.89 Å². The van der Waals surface area contributed by atoms with Crippen molar-refractivity contribution < 1.29 is 14.4 Å². The van der Waals surface area contributed by atoms with Gasteiger partial charge in [-0.2, -0.15) is 9.97 Å². The van der Waals surface area contributed by atoms with Crippen LogP contribution in [0.4, 0.5) is 17.5 Å². The normalized spacial score (nSPS) is 15.6. The second-order valence-electron chi connectivity index (χ2n) is 8.92. The minimum Gasteiger partial charge on any atom is -0.494 e. The van der Waals surface area contributed by atoms with Crippen LogP contribution in [0, 0.1) is 5.92 Å². The number of aromatic amines is 1. The molecule has 0 spiro atoms. The molecule has 1 aromatic carbocycles. The van der Waals surface area contributed by atoms with Crippen LogP contribution in [0.3, 0.4) is 0 Å². The van der Waals surface area contributed by atoms with Gasteiger partial charge in [0.05, 0.1) is 36.3 Å². The zero-order valence-corrected chi connectivity index (χ0v) is 21.5. The van der Waals surface area contributed by atoms with Crippen LogP contribution in [0.2, 0.25) is 5.02 Å². The number of carbonyl (C=O) groups is 1. The predicted octanol–water partition coefficient (Wildman–Crippen LogP) is 3.84. The number of fused-ring (bicyclic) bond motifs is 1. The summed E-state index contributed by atoms with van der Waals surface area (Å²) in [7, 11) is -0.761. The molecule has 182 valence electrons. The van der Waals surface area contributed by atoms with Gasteiger partial charge >= 0.3 is 0 Å². The van der Waals surface area contributed by atoms with Gasteiger partial charge in [0.2, 0.25) is 11.9 Å². The van der Waals surface area contributed by atoms with E-state index < -0.39 is 7.49 Å². The number of methoxy groups -OCH3 is 1. The maximum Gasteiger partial charge on any atom is 0.231 e. The Morgan fingerprint density at radius 2 is 2.06 bits per heavy atom. The maximum absolute atomic E-state index is 11.6. The molecule has 0 aliphatic carbocycles. The van der Waals surface area contributed by atoms with Gasteiger partial charge in [0.25, 0.3) is 0 Å². The first-order valence-corrected chi connectivity index (χ1v) is 13.8. The van der Waals surface area contributed by atoms with Crippen LogP contribution in [0.5, 0.6) is 5.75 Å². The number of amides is 1. The van der Waals surface area contributed by atoms with Crippen LogP contribution >= 0.6 is 19.1 Å². The smallest absolute Gasteiger partial charge is 0.231 e. The standard InChI is InChI=1S/C23H31ClN6O3P/c1-14(2)12-25-21-20-17(24)13-26-22(20)29-23(28-21)27-18-6-5-16(11-19(18)33-4)34(32)9-7-30(8-10-34)15(3)31/h5-6,11,13-14,32H,7-10,12H2,1-4H3,(H3,25,26,27,28,29)/q+1. The Balaban J connectivity index is 1.60. The van der Waals surface area contributed by atoms with Crippen molar-refractivity contribution in [3.63, 3.8) is 0 Å². The van der Waals surface area contributed by atoms with Crippen molar-refractivity contribution >= 4 is 58.8 Å². The minimum absolute atomic E-state index is 0.0472. The third-order valence-electron chi connectivity index (χ3n) is 6.00. The summed E-state index contributed by atoms with van der Waals surface area (Å²) < 4.78 is 5.63. The molecular formula is C23H31ClN6O3P+. The number of ether oxygens (including phenoxy) is 1. The van der Waals surface area contributed by atoms with E-state index in [0.29, 0.717) is 65.2 Å². The lowest BCUT2D eigenvalue weighted by Gasteiger charge is -2.31. The van der Waals surface area contributed by atoms with Gasteiger partial charge < -0.3 is 25.3 Å². The van der Waals surface area contributed by atoms with E-state index in [0.717, 1.165) is 17.2 Å². The summed E-state index contributed by atoms with van der Waals surface area (Å²) in [5.41, 5.74) is 1.31. The van der Waals surface area contributed by atoms with Crippen molar-refractivity contribution in [3.8, 4) is 5.75 Å². The predicted molar refractivity (Wildman–Crippen MR) is 139 cm³/mol. The number of nitrogens with zero attached hydrogens (tertiary/aromatic N) is 3. The first-order chi connectivity index (χ1) is 16.2. The molecule has 3 aromatic rings. The molecule has 9 nitrogen and oxygen atoms in total. The van der Waals surface area contributed by atoms with Gasteiger partial charge in [-0.1, -0.05) is 25.4 Å². The molecule has 2 aromatic heterocycles. The molecule has 1 saturated heterocycles. The highest BCUT2D eigenvalue weighted by molar-refractivity contribution is 7.77. The Hall–Kier alpha value is -2.61. The first-order valence-electron chi connectivity index (χ1n) is 11.3. The summed E-state index contributed by atoms with van der Waals surface area (Å²) in [5, 5.41) is 8.77. The van der Waals surface area contributed by atoms with Crippen molar-refractivity contribution in [1.29, 1.82) is 0 Å². The van der Waals surface area contributed by atoms with Crippen LogP contribution in [-0.4, -0.2) is 69.7 Å². The highest BCUT2D eigenvalue weighted by Crippen LogP contribution is 2.55. The molecule has 3 heterocycles. The summed E-state index contributed by atoms with van der Waals surface area (Å²) in [6.45, 7) is 7.69. The third-order valence-corrected chi connectivity index (χ3v) is 9.42. The highest BCUT2D eigenvalue weighted by Gasteiger charge is 2.43. The monoisotopic (exact) mass is 505 g/mol. The minimum atomic E-state index is -2.35. The topological polar surface area (TPSA) is 115 Å². The Morgan fingerprint density at radius 1 is 1.32 bits per heavy atom. The van der Waals surface area contributed by atoms with Crippen LogP contribution in [0.15, 0.2) is 24.4 Å². The van der Waals surface area contributed by atoms with E-state index in [9.17, 15) is 9.69 Å². The molecule has 4 N–H and O–H groups in total. The molecule has 1 fully saturated rings. The van der Waals surface area contributed by atoms with E-state index in [2.05, 4.69) is 39.4 Å². The summed E-state index contributed by atoms with van der Waals surface area (Å²) in [6, 6.07) is 5.67. The van der Waals surface area contributed by atoms with Gasteiger partial charge in [0, 0.05) is 25.7 Å². The van der Waals surface area contributed by atoms with Crippen molar-refractivity contribution in [2.75, 3.05) is 49.7 Å². The number of halogens is 1. The Morgan fingerprint density at radius 3 is 2.71 bits per heavy atom. The van der Waals surface area contributed by atoms with E-state index >= 15 is 0 Å². The number of benzene rings is 1. The maximum atomic E-state index is 11.6. The zero-order valence-electron chi connectivity index (χ0n) is 19.9. The molecule has 1 aliphatic heterocycles. The third kappa shape index (κ3) is 5.06. The average molecular weight is 506 g/mol. The fraction of sp³-hybridized carbons (Fsp3) is 0.435. The van der Waals surface area contributed by atoms with Crippen molar-refractivity contribution in [2.24, 2.45) is 5.92 Å². The zero-order chi connectivity index (χ0) is 24.5.